The van der Waals surface area contributed by atoms with Crippen molar-refractivity contribution in [3.63, 3.8) is 0 Å². The maximum absolute atomic E-state index is 3.61. The molecule has 1 saturated heterocycles. The van der Waals surface area contributed by atoms with Crippen LogP contribution in [0.4, 0.5) is 0 Å². The van der Waals surface area contributed by atoms with Crippen molar-refractivity contribution < 1.29 is 0 Å². The molecule has 1 aliphatic heterocycles. The van der Waals surface area contributed by atoms with E-state index < -0.39 is 0 Å². The Kier molecular flexibility index (Phi) is 2.13. The summed E-state index contributed by atoms with van der Waals surface area (Å²) >= 11 is 0. The summed E-state index contributed by atoms with van der Waals surface area (Å²) in [6, 6.07) is 0.826. The fraction of sp³-hybridized carbons (Fsp3) is 1.00. The van der Waals surface area contributed by atoms with E-state index in [-0.39, 0.29) is 0 Å². The number of hydrogen-bond acceptors (Lipinski definition) is 2. The van der Waals surface area contributed by atoms with E-state index in [0.717, 1.165) is 12.6 Å². The van der Waals surface area contributed by atoms with Gasteiger partial charge in [-0.1, -0.05) is 6.92 Å². The molecule has 2 fully saturated rings. The third-order valence-electron chi connectivity index (χ3n) is 3.70. The molecule has 1 spiro atoms. The molecule has 1 aliphatic carbocycles. The first-order valence-corrected chi connectivity index (χ1v) is 5.19. The summed E-state index contributed by atoms with van der Waals surface area (Å²) in [5.74, 6) is 0. The minimum Gasteiger partial charge on any atom is -0.314 e. The molecule has 0 radical (unpaired) electrons. The lowest BCUT2D eigenvalue weighted by Gasteiger charge is -2.47. The third kappa shape index (κ3) is 1.17. The Morgan fingerprint density at radius 1 is 1.50 bits per heavy atom. The molecule has 2 nitrogen and oxygen atoms in total. The zero-order chi connectivity index (χ0) is 8.60. The van der Waals surface area contributed by atoms with Crippen LogP contribution >= 0.6 is 0 Å². The molecule has 2 unspecified atom stereocenters. The molecule has 0 aromatic heterocycles. The first-order valence-electron chi connectivity index (χ1n) is 5.19. The lowest BCUT2D eigenvalue weighted by atomic mass is 9.64. The van der Waals surface area contributed by atoms with Crippen LogP contribution in [0, 0.1) is 5.41 Å². The first kappa shape index (κ1) is 8.52. The average Bonchev–Trinajstić information content (AvgIpc) is 2.44. The second-order valence-corrected chi connectivity index (χ2v) is 4.50. The molecule has 0 amide bonds. The van der Waals surface area contributed by atoms with Crippen LogP contribution in [0.1, 0.15) is 26.2 Å². The van der Waals surface area contributed by atoms with Gasteiger partial charge < -0.3 is 10.2 Å². The highest BCUT2D eigenvalue weighted by Gasteiger charge is 2.49. The van der Waals surface area contributed by atoms with Crippen molar-refractivity contribution >= 4 is 0 Å². The standard InChI is InChI=1S/C10H20N2/c1-3-11-9-4-5-10(9)6-7-12(2)8-10/h9,11H,3-8H2,1-2H3. The number of likely N-dealkylation sites (tertiary alicyclic amines) is 1. The van der Waals surface area contributed by atoms with Gasteiger partial charge in [0.2, 0.25) is 0 Å². The van der Waals surface area contributed by atoms with Crippen LogP contribution < -0.4 is 5.32 Å². The minimum absolute atomic E-state index is 0.671. The molecule has 2 rings (SSSR count). The zero-order valence-corrected chi connectivity index (χ0v) is 8.27. The van der Waals surface area contributed by atoms with Gasteiger partial charge in [-0.3, -0.25) is 0 Å². The smallest absolute Gasteiger partial charge is 0.0136 e. The van der Waals surface area contributed by atoms with Crippen LogP contribution in [-0.4, -0.2) is 37.6 Å². The number of nitrogens with one attached hydrogen (secondary N) is 1. The van der Waals surface area contributed by atoms with Crippen molar-refractivity contribution in [2.45, 2.75) is 32.2 Å². The van der Waals surface area contributed by atoms with Crippen molar-refractivity contribution in [3.8, 4) is 0 Å². The van der Waals surface area contributed by atoms with E-state index in [4.69, 9.17) is 0 Å². The Labute approximate surface area is 75.3 Å². The van der Waals surface area contributed by atoms with Crippen LogP contribution in [-0.2, 0) is 0 Å². The predicted molar refractivity (Wildman–Crippen MR) is 51.2 cm³/mol. The maximum atomic E-state index is 3.61. The molecule has 1 heterocycles. The summed E-state index contributed by atoms with van der Waals surface area (Å²) < 4.78 is 0. The molecule has 2 heteroatoms. The normalized spacial score (nSPS) is 42.0. The van der Waals surface area contributed by atoms with Crippen LogP contribution in [0.5, 0.6) is 0 Å². The Morgan fingerprint density at radius 3 is 2.75 bits per heavy atom. The fourth-order valence-electron chi connectivity index (χ4n) is 2.86. The molecule has 2 aliphatic rings. The first-order chi connectivity index (χ1) is 5.77. The van der Waals surface area contributed by atoms with E-state index in [0.29, 0.717) is 5.41 Å². The van der Waals surface area contributed by atoms with E-state index in [1.807, 2.05) is 0 Å². The van der Waals surface area contributed by atoms with Crippen molar-refractivity contribution in [2.24, 2.45) is 5.41 Å². The van der Waals surface area contributed by atoms with Crippen LogP contribution in [0.3, 0.4) is 0 Å². The molecule has 1 saturated carbocycles. The Balaban J connectivity index is 1.94. The topological polar surface area (TPSA) is 15.3 Å². The number of nitrogens with zero attached hydrogens (tertiary/aromatic N) is 1. The van der Waals surface area contributed by atoms with Gasteiger partial charge in [-0.2, -0.15) is 0 Å². The lowest BCUT2D eigenvalue weighted by Crippen LogP contribution is -2.54. The lowest BCUT2D eigenvalue weighted by molar-refractivity contribution is 0.0784. The van der Waals surface area contributed by atoms with E-state index >= 15 is 0 Å². The summed E-state index contributed by atoms with van der Waals surface area (Å²) in [6.45, 7) is 5.98. The zero-order valence-electron chi connectivity index (χ0n) is 8.27. The number of rotatable bonds is 2. The molecule has 12 heavy (non-hydrogen) atoms. The Bertz CT molecular complexity index is 169. The van der Waals surface area contributed by atoms with Crippen molar-refractivity contribution in [2.75, 3.05) is 26.7 Å². The SMILES string of the molecule is CCNC1CCC12CCN(C)C2. The van der Waals surface area contributed by atoms with Gasteiger partial charge in [-0.05, 0) is 44.8 Å². The average molecular weight is 168 g/mol. The summed E-state index contributed by atoms with van der Waals surface area (Å²) in [7, 11) is 2.25. The van der Waals surface area contributed by atoms with Crippen LogP contribution in [0.2, 0.25) is 0 Å². The summed E-state index contributed by atoms with van der Waals surface area (Å²) in [4.78, 5) is 2.48. The largest absolute Gasteiger partial charge is 0.314 e. The van der Waals surface area contributed by atoms with E-state index in [1.165, 1.54) is 32.4 Å². The molecule has 1 N–H and O–H groups in total. The summed E-state index contributed by atoms with van der Waals surface area (Å²) in [5.41, 5.74) is 0.671. The molecule has 0 bridgehead atoms. The van der Waals surface area contributed by atoms with Gasteiger partial charge in [0.05, 0.1) is 0 Å². The van der Waals surface area contributed by atoms with E-state index in [1.54, 1.807) is 0 Å². The number of hydrogen-bond donors (Lipinski definition) is 1. The molecule has 2 atom stereocenters. The van der Waals surface area contributed by atoms with Crippen molar-refractivity contribution in [3.05, 3.63) is 0 Å². The predicted octanol–water partition coefficient (Wildman–Crippen LogP) is 1.08. The third-order valence-corrected chi connectivity index (χ3v) is 3.70. The van der Waals surface area contributed by atoms with Crippen molar-refractivity contribution in [1.82, 2.24) is 10.2 Å². The van der Waals surface area contributed by atoms with Crippen LogP contribution in [0.15, 0.2) is 0 Å². The fourth-order valence-corrected chi connectivity index (χ4v) is 2.86. The van der Waals surface area contributed by atoms with Gasteiger partial charge in [0.25, 0.3) is 0 Å². The van der Waals surface area contributed by atoms with Gasteiger partial charge in [-0.15, -0.1) is 0 Å². The van der Waals surface area contributed by atoms with Gasteiger partial charge in [0, 0.05) is 12.6 Å². The molecule has 0 aromatic rings. The highest BCUT2D eigenvalue weighted by molar-refractivity contribution is 5.04. The van der Waals surface area contributed by atoms with E-state index in [9.17, 15) is 0 Å². The second-order valence-electron chi connectivity index (χ2n) is 4.50. The Morgan fingerprint density at radius 2 is 2.33 bits per heavy atom. The van der Waals surface area contributed by atoms with Crippen molar-refractivity contribution in [1.29, 1.82) is 0 Å². The maximum Gasteiger partial charge on any atom is 0.0136 e. The molecular formula is C10H20N2. The molecular weight excluding hydrogens is 148 g/mol. The molecule has 70 valence electrons. The summed E-state index contributed by atoms with van der Waals surface area (Å²) in [5, 5.41) is 3.61. The quantitative estimate of drug-likeness (QED) is 0.664. The monoisotopic (exact) mass is 168 g/mol. The summed E-state index contributed by atoms with van der Waals surface area (Å²) in [6.07, 6.45) is 4.28. The highest BCUT2D eigenvalue weighted by atomic mass is 15.2. The van der Waals surface area contributed by atoms with Gasteiger partial charge in [-0.25, -0.2) is 0 Å². The Hall–Kier alpha value is -0.0800. The van der Waals surface area contributed by atoms with E-state index in [2.05, 4.69) is 24.2 Å². The minimum atomic E-state index is 0.671. The van der Waals surface area contributed by atoms with Crippen LogP contribution in [0.25, 0.3) is 0 Å². The van der Waals surface area contributed by atoms with Gasteiger partial charge >= 0.3 is 0 Å². The molecule has 0 aromatic carbocycles. The van der Waals surface area contributed by atoms with Gasteiger partial charge in [0.1, 0.15) is 0 Å². The van der Waals surface area contributed by atoms with Gasteiger partial charge in [0.15, 0.2) is 0 Å². The second kappa shape index (κ2) is 3.00. The highest BCUT2D eigenvalue weighted by Crippen LogP contribution is 2.47.